The second-order valence-electron chi connectivity index (χ2n) is 3.60. The number of benzene rings is 1. The summed E-state index contributed by atoms with van der Waals surface area (Å²) in [4.78, 5) is 1.72. The fraction of sp³-hybridized carbons (Fsp3) is 0.167. The molecule has 0 radical (unpaired) electrons. The third kappa shape index (κ3) is 2.48. The van der Waals surface area contributed by atoms with Gasteiger partial charge < -0.3 is 0 Å². The van der Waals surface area contributed by atoms with Crippen molar-refractivity contribution in [1.82, 2.24) is 0 Å². The zero-order valence-corrected chi connectivity index (χ0v) is 10.4. The summed E-state index contributed by atoms with van der Waals surface area (Å²) in [5.41, 5.74) is -0.0487. The van der Waals surface area contributed by atoms with Gasteiger partial charge in [0.25, 0.3) is 0 Å². The van der Waals surface area contributed by atoms with Crippen molar-refractivity contribution in [3.8, 4) is 0 Å². The quantitative estimate of drug-likeness (QED) is 0.546. The van der Waals surface area contributed by atoms with Crippen LogP contribution in [-0.2, 0) is 0 Å². The highest BCUT2D eigenvalue weighted by molar-refractivity contribution is 7.12. The molecule has 0 nitrogen and oxygen atoms in total. The number of halogens is 4. The molecule has 0 N–H and O–H groups in total. The molecule has 0 aliphatic rings. The molecule has 0 bridgehead atoms. The smallest absolute Gasteiger partial charge is 0.161 e. The number of hydrogen-bond acceptors (Lipinski definition) is 1. The summed E-state index contributed by atoms with van der Waals surface area (Å²) in [6.07, 6.45) is 0. The summed E-state index contributed by atoms with van der Waals surface area (Å²) in [6, 6.07) is 4.91. The normalized spacial score (nSPS) is 12.8. The Hall–Kier alpha value is -1.00. The number of thiophene rings is 1. The standard InChI is InChI=1S/C12H8ClF3S/c1-6-2-3-11(17-6)12(13)7-4-9(15)10(16)5-8(7)14/h2-5,12H,1H3. The van der Waals surface area contributed by atoms with Crippen LogP contribution in [-0.4, -0.2) is 0 Å². The van der Waals surface area contributed by atoms with Crippen molar-refractivity contribution in [2.24, 2.45) is 0 Å². The van der Waals surface area contributed by atoms with E-state index in [1.165, 1.54) is 11.3 Å². The highest BCUT2D eigenvalue weighted by Crippen LogP contribution is 2.35. The van der Waals surface area contributed by atoms with Gasteiger partial charge >= 0.3 is 0 Å². The summed E-state index contributed by atoms with van der Waals surface area (Å²) in [5, 5.41) is -0.802. The molecule has 0 fully saturated rings. The third-order valence-corrected chi connectivity index (χ3v) is 3.99. The van der Waals surface area contributed by atoms with Gasteiger partial charge in [-0.2, -0.15) is 0 Å². The first-order valence-corrected chi connectivity index (χ1v) is 6.09. The molecular formula is C12H8ClF3S. The van der Waals surface area contributed by atoms with Crippen LogP contribution in [0.25, 0.3) is 0 Å². The number of hydrogen-bond donors (Lipinski definition) is 0. The van der Waals surface area contributed by atoms with E-state index in [1.807, 2.05) is 13.0 Å². The van der Waals surface area contributed by atoms with Crippen LogP contribution in [0.15, 0.2) is 24.3 Å². The van der Waals surface area contributed by atoms with Gasteiger partial charge in [0, 0.05) is 21.4 Å². The first-order valence-electron chi connectivity index (χ1n) is 4.84. The van der Waals surface area contributed by atoms with E-state index in [4.69, 9.17) is 11.6 Å². The number of aryl methyl sites for hydroxylation is 1. The highest BCUT2D eigenvalue weighted by Gasteiger charge is 2.19. The predicted molar refractivity (Wildman–Crippen MR) is 63.1 cm³/mol. The van der Waals surface area contributed by atoms with E-state index in [0.29, 0.717) is 10.9 Å². The minimum Gasteiger partial charge on any atom is -0.207 e. The van der Waals surface area contributed by atoms with Crippen molar-refractivity contribution < 1.29 is 13.2 Å². The van der Waals surface area contributed by atoms with Crippen LogP contribution in [0.2, 0.25) is 0 Å². The molecular weight excluding hydrogens is 269 g/mol. The summed E-state index contributed by atoms with van der Waals surface area (Å²) in [6.45, 7) is 1.89. The average Bonchev–Trinajstić information content (AvgIpc) is 2.69. The topological polar surface area (TPSA) is 0 Å². The third-order valence-electron chi connectivity index (χ3n) is 2.32. The Morgan fingerprint density at radius 3 is 2.29 bits per heavy atom. The van der Waals surface area contributed by atoms with Gasteiger partial charge in [-0.05, 0) is 25.1 Å². The lowest BCUT2D eigenvalue weighted by molar-refractivity contribution is 0.490. The van der Waals surface area contributed by atoms with Crippen LogP contribution in [0, 0.1) is 24.4 Å². The van der Waals surface area contributed by atoms with Crippen molar-refractivity contribution in [2.45, 2.75) is 12.3 Å². The van der Waals surface area contributed by atoms with E-state index in [1.54, 1.807) is 6.07 Å². The largest absolute Gasteiger partial charge is 0.207 e. The molecule has 1 aromatic heterocycles. The fourth-order valence-electron chi connectivity index (χ4n) is 1.48. The molecule has 2 rings (SSSR count). The molecule has 1 aromatic carbocycles. The maximum absolute atomic E-state index is 13.5. The molecule has 17 heavy (non-hydrogen) atoms. The molecule has 5 heteroatoms. The van der Waals surface area contributed by atoms with E-state index in [0.717, 1.165) is 10.9 Å². The second-order valence-corrected chi connectivity index (χ2v) is 5.35. The van der Waals surface area contributed by atoms with Crippen LogP contribution in [0.1, 0.15) is 20.7 Å². The number of alkyl halides is 1. The molecule has 1 unspecified atom stereocenters. The Morgan fingerprint density at radius 1 is 1.06 bits per heavy atom. The van der Waals surface area contributed by atoms with Gasteiger partial charge in [0.15, 0.2) is 11.6 Å². The summed E-state index contributed by atoms with van der Waals surface area (Å²) in [5.74, 6) is -3.15. The highest BCUT2D eigenvalue weighted by atomic mass is 35.5. The first kappa shape index (κ1) is 12.5. The van der Waals surface area contributed by atoms with Crippen LogP contribution in [0.5, 0.6) is 0 Å². The lowest BCUT2D eigenvalue weighted by Crippen LogP contribution is -1.98. The Bertz CT molecular complexity index is 551. The number of rotatable bonds is 2. The van der Waals surface area contributed by atoms with Crippen molar-refractivity contribution in [2.75, 3.05) is 0 Å². The zero-order valence-electron chi connectivity index (χ0n) is 8.81. The van der Waals surface area contributed by atoms with Gasteiger partial charge in [-0.1, -0.05) is 0 Å². The van der Waals surface area contributed by atoms with Crippen LogP contribution in [0.4, 0.5) is 13.2 Å². The Labute approximate surface area is 106 Å². The molecule has 0 aliphatic heterocycles. The van der Waals surface area contributed by atoms with E-state index in [2.05, 4.69) is 0 Å². The summed E-state index contributed by atoms with van der Waals surface area (Å²) < 4.78 is 39.3. The lowest BCUT2D eigenvalue weighted by Gasteiger charge is -2.09. The van der Waals surface area contributed by atoms with Gasteiger partial charge in [0.2, 0.25) is 0 Å². The second kappa shape index (κ2) is 4.70. The van der Waals surface area contributed by atoms with Gasteiger partial charge in [0.05, 0.1) is 5.38 Å². The summed E-state index contributed by atoms with van der Waals surface area (Å²) in [7, 11) is 0. The van der Waals surface area contributed by atoms with Crippen LogP contribution >= 0.6 is 22.9 Å². The minimum atomic E-state index is -1.21. The van der Waals surface area contributed by atoms with E-state index >= 15 is 0 Å². The van der Waals surface area contributed by atoms with Crippen molar-refractivity contribution in [1.29, 1.82) is 0 Å². The Kier molecular flexibility index (Phi) is 3.45. The van der Waals surface area contributed by atoms with Crippen molar-refractivity contribution in [3.63, 3.8) is 0 Å². The first-order chi connectivity index (χ1) is 7.99. The Morgan fingerprint density at radius 2 is 1.71 bits per heavy atom. The molecule has 1 atom stereocenters. The van der Waals surface area contributed by atoms with E-state index in [9.17, 15) is 13.2 Å². The van der Waals surface area contributed by atoms with Gasteiger partial charge in [-0.25, -0.2) is 13.2 Å². The predicted octanol–water partition coefficient (Wildman–Crippen LogP) is 4.80. The van der Waals surface area contributed by atoms with Crippen molar-refractivity contribution in [3.05, 3.63) is 57.0 Å². The SMILES string of the molecule is Cc1ccc(C(Cl)c2cc(F)c(F)cc2F)s1. The molecule has 1 heterocycles. The average molecular weight is 277 g/mol. The molecule has 0 spiro atoms. The van der Waals surface area contributed by atoms with E-state index in [-0.39, 0.29) is 5.56 Å². The van der Waals surface area contributed by atoms with Crippen LogP contribution < -0.4 is 0 Å². The molecule has 90 valence electrons. The van der Waals surface area contributed by atoms with Gasteiger partial charge in [0.1, 0.15) is 5.82 Å². The molecule has 0 saturated heterocycles. The maximum Gasteiger partial charge on any atom is 0.161 e. The van der Waals surface area contributed by atoms with Gasteiger partial charge in [-0.15, -0.1) is 22.9 Å². The van der Waals surface area contributed by atoms with Crippen LogP contribution in [0.3, 0.4) is 0 Å². The van der Waals surface area contributed by atoms with Crippen molar-refractivity contribution >= 4 is 22.9 Å². The maximum atomic E-state index is 13.5. The molecule has 0 aliphatic carbocycles. The monoisotopic (exact) mass is 276 g/mol. The molecule has 2 aromatic rings. The van der Waals surface area contributed by atoms with E-state index < -0.39 is 22.8 Å². The zero-order chi connectivity index (χ0) is 12.6. The summed E-state index contributed by atoms with van der Waals surface area (Å²) >= 11 is 7.45. The van der Waals surface area contributed by atoms with Gasteiger partial charge in [-0.3, -0.25) is 0 Å². The molecule has 0 amide bonds. The lowest BCUT2D eigenvalue weighted by atomic mass is 10.1. The minimum absolute atomic E-state index is 0.0487. The Balaban J connectivity index is 2.43. The molecule has 0 saturated carbocycles. The fourth-order valence-corrected chi connectivity index (χ4v) is 2.72.